The molecule has 1 amide bonds. The van der Waals surface area contributed by atoms with Crippen molar-refractivity contribution in [2.24, 2.45) is 5.73 Å². The van der Waals surface area contributed by atoms with E-state index in [9.17, 15) is 4.79 Å². The van der Waals surface area contributed by atoms with Gasteiger partial charge in [-0.25, -0.2) is 9.97 Å². The lowest BCUT2D eigenvalue weighted by Crippen LogP contribution is -2.18. The van der Waals surface area contributed by atoms with E-state index in [4.69, 9.17) is 11.1 Å². The molecule has 0 aromatic carbocycles. The van der Waals surface area contributed by atoms with Gasteiger partial charge < -0.3 is 5.73 Å². The molecule has 6 nitrogen and oxygen atoms in total. The Morgan fingerprint density at radius 3 is 2.79 bits per heavy atom. The second kappa shape index (κ2) is 5.18. The van der Waals surface area contributed by atoms with Crippen molar-refractivity contribution in [1.82, 2.24) is 9.97 Å². The molecule has 1 aromatic rings. The number of amidine groups is 1. The maximum Gasteiger partial charge on any atom is 0.237 e. The lowest BCUT2D eigenvalue weighted by molar-refractivity contribution is -0.113. The first-order chi connectivity index (χ1) is 6.68. The van der Waals surface area contributed by atoms with Crippen LogP contribution >= 0.6 is 11.8 Å². The van der Waals surface area contributed by atoms with Crippen molar-refractivity contribution in [2.75, 3.05) is 11.1 Å². The van der Waals surface area contributed by atoms with Gasteiger partial charge in [0.2, 0.25) is 11.9 Å². The monoisotopic (exact) mass is 211 g/mol. The first-order valence-corrected chi connectivity index (χ1v) is 4.71. The van der Waals surface area contributed by atoms with E-state index in [-0.39, 0.29) is 22.8 Å². The summed E-state index contributed by atoms with van der Waals surface area (Å²) in [6.45, 7) is 0. The van der Waals surface area contributed by atoms with Gasteiger partial charge in [-0.2, -0.15) is 0 Å². The SMILES string of the molecule is N=C(N)SCC(=O)Nc1ncccn1. The molecule has 0 saturated heterocycles. The lowest BCUT2D eigenvalue weighted by Gasteiger charge is -2.01. The maximum atomic E-state index is 11.2. The summed E-state index contributed by atoms with van der Waals surface area (Å²) in [7, 11) is 0. The third-order valence-electron chi connectivity index (χ3n) is 1.18. The zero-order chi connectivity index (χ0) is 10.4. The summed E-state index contributed by atoms with van der Waals surface area (Å²) in [4.78, 5) is 18.8. The minimum Gasteiger partial charge on any atom is -0.379 e. The van der Waals surface area contributed by atoms with Crippen LogP contribution < -0.4 is 11.1 Å². The number of carbonyl (C=O) groups excluding carboxylic acids is 1. The molecule has 0 fully saturated rings. The fraction of sp³-hybridized carbons (Fsp3) is 0.143. The number of amides is 1. The summed E-state index contributed by atoms with van der Waals surface area (Å²) >= 11 is 0.952. The first kappa shape index (κ1) is 10.5. The van der Waals surface area contributed by atoms with E-state index >= 15 is 0 Å². The van der Waals surface area contributed by atoms with Gasteiger partial charge >= 0.3 is 0 Å². The topological polar surface area (TPSA) is 105 Å². The summed E-state index contributed by atoms with van der Waals surface area (Å²) in [6, 6.07) is 1.65. The van der Waals surface area contributed by atoms with Gasteiger partial charge in [0.1, 0.15) is 0 Å². The van der Waals surface area contributed by atoms with Crippen LogP contribution in [0.1, 0.15) is 0 Å². The van der Waals surface area contributed by atoms with Crippen LogP contribution in [0.5, 0.6) is 0 Å². The molecule has 0 saturated carbocycles. The molecule has 4 N–H and O–H groups in total. The number of carbonyl (C=O) groups is 1. The van der Waals surface area contributed by atoms with E-state index in [1.807, 2.05) is 0 Å². The predicted octanol–water partition coefficient (Wildman–Crippen LogP) is 0.0418. The number of rotatable bonds is 3. The Hall–Kier alpha value is -1.63. The van der Waals surface area contributed by atoms with Gasteiger partial charge in [0, 0.05) is 12.4 Å². The molecule has 0 aliphatic rings. The number of nitrogens with two attached hydrogens (primary N) is 1. The second-order valence-electron chi connectivity index (χ2n) is 2.27. The van der Waals surface area contributed by atoms with E-state index in [1.54, 1.807) is 6.07 Å². The van der Waals surface area contributed by atoms with Crippen molar-refractivity contribution in [2.45, 2.75) is 0 Å². The highest BCUT2D eigenvalue weighted by Gasteiger charge is 2.04. The van der Waals surface area contributed by atoms with E-state index < -0.39 is 0 Å². The standard InChI is InChI=1S/C7H9N5OS/c8-6(9)14-4-5(13)12-7-10-2-1-3-11-7/h1-3H,4H2,(H3,8,9)(H,10,11,12,13). The zero-order valence-corrected chi connectivity index (χ0v) is 8.04. The van der Waals surface area contributed by atoms with E-state index in [2.05, 4.69) is 15.3 Å². The summed E-state index contributed by atoms with van der Waals surface area (Å²) in [5.74, 6) is 0.0613. The van der Waals surface area contributed by atoms with Gasteiger partial charge in [-0.1, -0.05) is 11.8 Å². The molecule has 14 heavy (non-hydrogen) atoms. The molecular weight excluding hydrogens is 202 g/mol. The predicted molar refractivity (Wildman–Crippen MR) is 55.0 cm³/mol. The highest BCUT2D eigenvalue weighted by Crippen LogP contribution is 2.00. The quantitative estimate of drug-likeness (QED) is 0.483. The van der Waals surface area contributed by atoms with E-state index in [0.29, 0.717) is 0 Å². The molecule has 1 rings (SSSR count). The Kier molecular flexibility index (Phi) is 3.86. The number of nitrogens with zero attached hydrogens (tertiary/aromatic N) is 2. The Balaban J connectivity index is 2.38. The summed E-state index contributed by atoms with van der Waals surface area (Å²) in [5.41, 5.74) is 5.07. The largest absolute Gasteiger partial charge is 0.379 e. The molecule has 7 heteroatoms. The highest BCUT2D eigenvalue weighted by atomic mass is 32.2. The van der Waals surface area contributed by atoms with Gasteiger partial charge in [-0.3, -0.25) is 15.5 Å². The van der Waals surface area contributed by atoms with Crippen LogP contribution in [0.15, 0.2) is 18.5 Å². The van der Waals surface area contributed by atoms with E-state index in [1.165, 1.54) is 12.4 Å². The van der Waals surface area contributed by atoms with Crippen molar-refractivity contribution in [3.63, 3.8) is 0 Å². The number of hydrogen-bond donors (Lipinski definition) is 3. The van der Waals surface area contributed by atoms with E-state index in [0.717, 1.165) is 11.8 Å². The molecule has 1 heterocycles. The lowest BCUT2D eigenvalue weighted by atomic mass is 10.6. The molecular formula is C7H9N5OS. The Bertz CT molecular complexity index is 328. The van der Waals surface area contributed by atoms with Crippen molar-refractivity contribution in [3.05, 3.63) is 18.5 Å². The Labute approximate surface area is 84.8 Å². The normalized spacial score (nSPS) is 9.43. The molecule has 74 valence electrons. The van der Waals surface area contributed by atoms with Crippen molar-refractivity contribution >= 4 is 28.8 Å². The average Bonchev–Trinajstić information content (AvgIpc) is 2.16. The molecule has 0 radical (unpaired) electrons. The highest BCUT2D eigenvalue weighted by molar-refractivity contribution is 8.14. The number of hydrogen-bond acceptors (Lipinski definition) is 5. The van der Waals surface area contributed by atoms with Gasteiger partial charge in [0.05, 0.1) is 5.75 Å². The van der Waals surface area contributed by atoms with Crippen LogP contribution in [0.25, 0.3) is 0 Å². The van der Waals surface area contributed by atoms with Crippen molar-refractivity contribution in [1.29, 1.82) is 5.41 Å². The first-order valence-electron chi connectivity index (χ1n) is 3.72. The number of thioether (sulfide) groups is 1. The molecule has 0 aliphatic heterocycles. The second-order valence-corrected chi connectivity index (χ2v) is 3.29. The third kappa shape index (κ3) is 3.85. The summed E-state index contributed by atoms with van der Waals surface area (Å²) in [5, 5.41) is 9.27. The zero-order valence-electron chi connectivity index (χ0n) is 7.23. The van der Waals surface area contributed by atoms with Gasteiger partial charge in [0.15, 0.2) is 5.17 Å². The molecule has 0 unspecified atom stereocenters. The van der Waals surface area contributed by atoms with Crippen LogP contribution in [0.4, 0.5) is 5.95 Å². The van der Waals surface area contributed by atoms with Crippen LogP contribution in [-0.2, 0) is 4.79 Å². The van der Waals surface area contributed by atoms with Crippen LogP contribution in [0.3, 0.4) is 0 Å². The maximum absolute atomic E-state index is 11.2. The van der Waals surface area contributed by atoms with Crippen LogP contribution in [-0.4, -0.2) is 26.8 Å². The average molecular weight is 211 g/mol. The van der Waals surface area contributed by atoms with Gasteiger partial charge in [0.25, 0.3) is 0 Å². The molecule has 0 bridgehead atoms. The smallest absolute Gasteiger partial charge is 0.237 e. The molecule has 0 atom stereocenters. The minimum atomic E-state index is -0.281. The third-order valence-corrected chi connectivity index (χ3v) is 1.89. The van der Waals surface area contributed by atoms with Crippen LogP contribution in [0.2, 0.25) is 0 Å². The van der Waals surface area contributed by atoms with Crippen molar-refractivity contribution in [3.8, 4) is 0 Å². The fourth-order valence-corrected chi connectivity index (χ4v) is 1.03. The number of nitrogens with one attached hydrogen (secondary N) is 2. The molecule has 0 spiro atoms. The number of aromatic nitrogens is 2. The van der Waals surface area contributed by atoms with Crippen molar-refractivity contribution < 1.29 is 4.79 Å². The van der Waals surface area contributed by atoms with Gasteiger partial charge in [-0.05, 0) is 6.07 Å². The molecule has 0 aliphatic carbocycles. The minimum absolute atomic E-state index is 0.0888. The Morgan fingerprint density at radius 2 is 2.21 bits per heavy atom. The summed E-state index contributed by atoms with van der Waals surface area (Å²) < 4.78 is 0. The number of anilines is 1. The Morgan fingerprint density at radius 1 is 1.57 bits per heavy atom. The van der Waals surface area contributed by atoms with Crippen LogP contribution in [0, 0.1) is 5.41 Å². The molecule has 1 aromatic heterocycles. The fourth-order valence-electron chi connectivity index (χ4n) is 0.668. The summed E-state index contributed by atoms with van der Waals surface area (Å²) in [6.07, 6.45) is 3.06. The van der Waals surface area contributed by atoms with Gasteiger partial charge in [-0.15, -0.1) is 0 Å².